The number of fused-ring (bicyclic) bond motifs is 1. The van der Waals surface area contributed by atoms with Gasteiger partial charge in [0.2, 0.25) is 5.91 Å². The summed E-state index contributed by atoms with van der Waals surface area (Å²) in [6.07, 6.45) is 0.469. The molecule has 3 nitrogen and oxygen atoms in total. The van der Waals surface area contributed by atoms with Crippen LogP contribution in [0.5, 0.6) is 0 Å². The third-order valence-corrected chi connectivity index (χ3v) is 2.79. The van der Waals surface area contributed by atoms with Gasteiger partial charge in [0.1, 0.15) is 0 Å². The van der Waals surface area contributed by atoms with Gasteiger partial charge < -0.3 is 10.0 Å². The normalized spacial score (nSPS) is 15.3. The zero-order valence-corrected chi connectivity index (χ0v) is 8.86. The van der Waals surface area contributed by atoms with E-state index in [4.69, 9.17) is 5.11 Å². The maximum atomic E-state index is 11.7. The quantitative estimate of drug-likeness (QED) is 0.778. The van der Waals surface area contributed by atoms with E-state index in [0.717, 1.165) is 5.56 Å². The van der Waals surface area contributed by atoms with E-state index in [1.54, 1.807) is 4.90 Å². The van der Waals surface area contributed by atoms with Crippen LogP contribution in [-0.2, 0) is 17.8 Å². The fourth-order valence-electron chi connectivity index (χ4n) is 1.97. The molecule has 0 spiro atoms. The summed E-state index contributed by atoms with van der Waals surface area (Å²) >= 11 is 0. The van der Waals surface area contributed by atoms with Crippen LogP contribution in [-0.4, -0.2) is 29.1 Å². The zero-order valence-electron chi connectivity index (χ0n) is 8.86. The molecule has 1 N–H and O–H groups in total. The molecule has 2 rings (SSSR count). The second kappa shape index (κ2) is 4.03. The molecule has 0 saturated carbocycles. The molecule has 1 aromatic rings. The van der Waals surface area contributed by atoms with Crippen LogP contribution in [0.2, 0.25) is 0 Å². The molecule has 0 bridgehead atoms. The number of nitrogens with zero attached hydrogens (tertiary/aromatic N) is 1. The van der Waals surface area contributed by atoms with Gasteiger partial charge >= 0.3 is 0 Å². The van der Waals surface area contributed by atoms with Crippen molar-refractivity contribution in [1.82, 2.24) is 4.90 Å². The van der Waals surface area contributed by atoms with Crippen LogP contribution in [0.4, 0.5) is 0 Å². The molecule has 0 aliphatic carbocycles. The molecule has 0 radical (unpaired) electrons. The highest BCUT2D eigenvalue weighted by Crippen LogP contribution is 2.20. The fraction of sp³-hybridized carbons (Fsp3) is 0.417. The molecule has 0 fully saturated rings. The van der Waals surface area contributed by atoms with Gasteiger partial charge in [0.15, 0.2) is 0 Å². The molecule has 0 aromatic heterocycles. The van der Waals surface area contributed by atoms with Crippen LogP contribution in [0.15, 0.2) is 18.2 Å². The molecule has 1 heterocycles. The maximum absolute atomic E-state index is 11.7. The second-order valence-corrected chi connectivity index (χ2v) is 3.99. The number of benzene rings is 1. The highest BCUT2D eigenvalue weighted by Gasteiger charge is 2.21. The summed E-state index contributed by atoms with van der Waals surface area (Å²) in [5.74, 6) is 0.113. The van der Waals surface area contributed by atoms with Gasteiger partial charge in [-0.25, -0.2) is 0 Å². The Morgan fingerprint density at radius 3 is 2.93 bits per heavy atom. The minimum atomic E-state index is 0.0347. The monoisotopic (exact) mass is 205 g/mol. The van der Waals surface area contributed by atoms with Crippen LogP contribution in [0.25, 0.3) is 0 Å². The fourth-order valence-corrected chi connectivity index (χ4v) is 1.97. The predicted octanol–water partition coefficient (Wildman–Crippen LogP) is 0.872. The SMILES string of the molecule is Cc1ccc2c(c1)CC(=O)N(CCO)C2. The number of aryl methyl sites for hydroxylation is 1. The summed E-state index contributed by atoms with van der Waals surface area (Å²) in [6.45, 7) is 3.14. The first kappa shape index (κ1) is 10.2. The molecule has 80 valence electrons. The number of aliphatic hydroxyl groups is 1. The van der Waals surface area contributed by atoms with Gasteiger partial charge in [-0.3, -0.25) is 4.79 Å². The van der Waals surface area contributed by atoms with Crippen molar-refractivity contribution in [1.29, 1.82) is 0 Å². The average Bonchev–Trinajstić information content (AvgIpc) is 2.20. The molecule has 1 aromatic carbocycles. The van der Waals surface area contributed by atoms with E-state index in [1.807, 2.05) is 6.92 Å². The van der Waals surface area contributed by atoms with Crippen molar-refractivity contribution in [3.05, 3.63) is 34.9 Å². The number of carbonyl (C=O) groups is 1. The molecule has 3 heteroatoms. The highest BCUT2D eigenvalue weighted by atomic mass is 16.3. The Morgan fingerprint density at radius 1 is 1.40 bits per heavy atom. The van der Waals surface area contributed by atoms with Gasteiger partial charge in [-0.1, -0.05) is 23.8 Å². The predicted molar refractivity (Wildman–Crippen MR) is 57.4 cm³/mol. The lowest BCUT2D eigenvalue weighted by atomic mass is 9.97. The summed E-state index contributed by atoms with van der Waals surface area (Å²) < 4.78 is 0. The Balaban J connectivity index is 2.26. The van der Waals surface area contributed by atoms with Crippen molar-refractivity contribution in [3.8, 4) is 0 Å². The number of β-amino-alcohol motifs (C(OH)–C–C–N with tert-alkyl or cyclic N) is 1. The van der Waals surface area contributed by atoms with E-state index in [9.17, 15) is 4.79 Å². The number of rotatable bonds is 2. The third kappa shape index (κ3) is 2.02. The van der Waals surface area contributed by atoms with E-state index < -0.39 is 0 Å². The van der Waals surface area contributed by atoms with Crippen molar-refractivity contribution < 1.29 is 9.90 Å². The first-order valence-electron chi connectivity index (χ1n) is 5.18. The lowest BCUT2D eigenvalue weighted by Gasteiger charge is -2.28. The van der Waals surface area contributed by atoms with Crippen LogP contribution in [0.1, 0.15) is 16.7 Å². The van der Waals surface area contributed by atoms with Gasteiger partial charge in [0.05, 0.1) is 13.0 Å². The Kier molecular flexibility index (Phi) is 2.73. The first-order valence-corrected chi connectivity index (χ1v) is 5.18. The second-order valence-electron chi connectivity index (χ2n) is 3.99. The van der Waals surface area contributed by atoms with E-state index in [-0.39, 0.29) is 12.5 Å². The minimum Gasteiger partial charge on any atom is -0.395 e. The van der Waals surface area contributed by atoms with Crippen LogP contribution >= 0.6 is 0 Å². The Labute approximate surface area is 89.3 Å². The van der Waals surface area contributed by atoms with Crippen LogP contribution < -0.4 is 0 Å². The Hall–Kier alpha value is -1.35. The topological polar surface area (TPSA) is 40.5 Å². The summed E-state index contributed by atoms with van der Waals surface area (Å²) in [6, 6.07) is 6.21. The van der Waals surface area contributed by atoms with Gasteiger partial charge in [-0.15, -0.1) is 0 Å². The zero-order chi connectivity index (χ0) is 10.8. The van der Waals surface area contributed by atoms with Crippen LogP contribution in [0.3, 0.4) is 0 Å². The summed E-state index contributed by atoms with van der Waals surface area (Å²) in [4.78, 5) is 13.4. The number of aliphatic hydroxyl groups excluding tert-OH is 1. The largest absolute Gasteiger partial charge is 0.395 e. The number of hydrogen-bond donors (Lipinski definition) is 1. The number of hydrogen-bond acceptors (Lipinski definition) is 2. The summed E-state index contributed by atoms with van der Waals surface area (Å²) in [5.41, 5.74) is 3.53. The van der Waals surface area contributed by atoms with Crippen LogP contribution in [0, 0.1) is 6.92 Å². The summed E-state index contributed by atoms with van der Waals surface area (Å²) in [7, 11) is 0. The number of amides is 1. The molecule has 1 amide bonds. The Bertz CT molecular complexity index is 387. The maximum Gasteiger partial charge on any atom is 0.227 e. The lowest BCUT2D eigenvalue weighted by Crippen LogP contribution is -2.37. The van der Waals surface area contributed by atoms with E-state index in [0.29, 0.717) is 19.5 Å². The molecular formula is C12H15NO2. The molecule has 0 saturated heterocycles. The van der Waals surface area contributed by atoms with E-state index in [2.05, 4.69) is 18.2 Å². The molecule has 0 unspecified atom stereocenters. The van der Waals surface area contributed by atoms with Gasteiger partial charge in [0.25, 0.3) is 0 Å². The van der Waals surface area contributed by atoms with Gasteiger partial charge in [-0.05, 0) is 18.1 Å². The lowest BCUT2D eigenvalue weighted by molar-refractivity contribution is -0.132. The van der Waals surface area contributed by atoms with Gasteiger partial charge in [0, 0.05) is 13.1 Å². The standard InChI is InChI=1S/C12H15NO2/c1-9-2-3-10-8-13(4-5-14)12(15)7-11(10)6-9/h2-3,6,14H,4-5,7-8H2,1H3. The molecule has 15 heavy (non-hydrogen) atoms. The molecule has 1 aliphatic heterocycles. The smallest absolute Gasteiger partial charge is 0.227 e. The highest BCUT2D eigenvalue weighted by molar-refractivity contribution is 5.81. The molecular weight excluding hydrogens is 190 g/mol. The average molecular weight is 205 g/mol. The van der Waals surface area contributed by atoms with E-state index in [1.165, 1.54) is 11.1 Å². The van der Waals surface area contributed by atoms with Crippen molar-refractivity contribution in [2.45, 2.75) is 19.9 Å². The Morgan fingerprint density at radius 2 is 2.20 bits per heavy atom. The number of carbonyl (C=O) groups excluding carboxylic acids is 1. The van der Waals surface area contributed by atoms with E-state index >= 15 is 0 Å². The minimum absolute atomic E-state index is 0.0347. The summed E-state index contributed by atoms with van der Waals surface area (Å²) in [5, 5.41) is 8.83. The first-order chi connectivity index (χ1) is 7.20. The van der Waals surface area contributed by atoms with Gasteiger partial charge in [-0.2, -0.15) is 0 Å². The van der Waals surface area contributed by atoms with Crippen molar-refractivity contribution in [2.75, 3.05) is 13.2 Å². The van der Waals surface area contributed by atoms with Crippen molar-refractivity contribution >= 4 is 5.91 Å². The molecule has 1 aliphatic rings. The third-order valence-electron chi connectivity index (χ3n) is 2.79. The van der Waals surface area contributed by atoms with Crippen molar-refractivity contribution in [2.24, 2.45) is 0 Å². The van der Waals surface area contributed by atoms with Crippen molar-refractivity contribution in [3.63, 3.8) is 0 Å². The molecule has 0 atom stereocenters.